The van der Waals surface area contributed by atoms with E-state index in [1.807, 2.05) is 30.3 Å². The molecule has 0 saturated carbocycles. The molecule has 1 saturated heterocycles. The van der Waals surface area contributed by atoms with Crippen LogP contribution in [-0.2, 0) is 4.74 Å². The summed E-state index contributed by atoms with van der Waals surface area (Å²) in [5.74, 6) is 0. The number of thioether (sulfide) groups is 1. The summed E-state index contributed by atoms with van der Waals surface area (Å²) in [6.45, 7) is 0.713. The molecule has 3 heteroatoms. The van der Waals surface area contributed by atoms with E-state index in [0.29, 0.717) is 11.9 Å². The van der Waals surface area contributed by atoms with Crippen molar-refractivity contribution in [3.05, 3.63) is 75.8 Å². The lowest BCUT2D eigenvalue weighted by atomic mass is 10.1. The zero-order valence-electron chi connectivity index (χ0n) is 10.3. The van der Waals surface area contributed by atoms with Crippen molar-refractivity contribution in [3.63, 3.8) is 0 Å². The van der Waals surface area contributed by atoms with E-state index in [1.54, 1.807) is 11.8 Å². The first-order valence-electron chi connectivity index (χ1n) is 6.13. The van der Waals surface area contributed by atoms with Crippen molar-refractivity contribution in [2.45, 2.75) is 5.25 Å². The molecule has 0 N–H and O–H groups in total. The van der Waals surface area contributed by atoms with Crippen molar-refractivity contribution < 1.29 is 4.74 Å². The van der Waals surface area contributed by atoms with Gasteiger partial charge in [-0.25, -0.2) is 0 Å². The predicted molar refractivity (Wildman–Crippen MR) is 82.2 cm³/mol. The lowest BCUT2D eigenvalue weighted by Gasteiger charge is -2.05. The van der Waals surface area contributed by atoms with E-state index in [9.17, 15) is 0 Å². The maximum Gasteiger partial charge on any atom is 0.154 e. The molecule has 0 aliphatic carbocycles. The van der Waals surface area contributed by atoms with Crippen LogP contribution in [0.1, 0.15) is 16.4 Å². The van der Waals surface area contributed by atoms with Crippen LogP contribution in [0.5, 0.6) is 0 Å². The third-order valence-electron chi connectivity index (χ3n) is 2.96. The molecule has 3 rings (SSSR count). The summed E-state index contributed by atoms with van der Waals surface area (Å²) in [4.78, 5) is 0. The molecule has 0 spiro atoms. The molecule has 1 unspecified atom stereocenters. The summed E-state index contributed by atoms with van der Waals surface area (Å²) in [7, 11) is 0. The topological polar surface area (TPSA) is 9.23 Å². The first-order chi connectivity index (χ1) is 9.31. The Morgan fingerprint density at radius 2 is 1.79 bits per heavy atom. The van der Waals surface area contributed by atoms with Crippen LogP contribution in [-0.4, -0.2) is 6.61 Å². The predicted octanol–water partition coefficient (Wildman–Crippen LogP) is 5.14. The average molecular weight is 289 g/mol. The Morgan fingerprint density at radius 3 is 2.53 bits per heavy atom. The molecule has 0 bridgehead atoms. The van der Waals surface area contributed by atoms with Crippen LogP contribution >= 0.6 is 23.4 Å². The van der Waals surface area contributed by atoms with Gasteiger partial charge in [-0.05, 0) is 29.3 Å². The zero-order chi connectivity index (χ0) is 13.1. The standard InChI is InChI=1S/C16H13ClOS/c17-14-8-6-13(7-9-14)15-11-18-16(19-15)10-12-4-2-1-3-5-12/h1-10,15H,11H2. The van der Waals surface area contributed by atoms with Crippen LogP contribution in [0.3, 0.4) is 0 Å². The fourth-order valence-electron chi connectivity index (χ4n) is 1.97. The molecule has 1 fully saturated rings. The lowest BCUT2D eigenvalue weighted by Crippen LogP contribution is -1.93. The largest absolute Gasteiger partial charge is 0.486 e. The molecule has 96 valence electrons. The number of halogens is 1. The molecule has 1 nitrogen and oxygen atoms in total. The minimum Gasteiger partial charge on any atom is -0.486 e. The lowest BCUT2D eigenvalue weighted by molar-refractivity contribution is 0.260. The van der Waals surface area contributed by atoms with E-state index in [-0.39, 0.29) is 0 Å². The van der Waals surface area contributed by atoms with Gasteiger partial charge in [0, 0.05) is 5.02 Å². The summed E-state index contributed by atoms with van der Waals surface area (Å²) in [6, 6.07) is 18.2. The van der Waals surface area contributed by atoms with Crippen molar-refractivity contribution in [2.75, 3.05) is 6.61 Å². The average Bonchev–Trinajstić information content (AvgIpc) is 2.89. The highest BCUT2D eigenvalue weighted by molar-refractivity contribution is 8.03. The maximum absolute atomic E-state index is 5.90. The van der Waals surface area contributed by atoms with E-state index >= 15 is 0 Å². The fraction of sp³-hybridized carbons (Fsp3) is 0.125. The van der Waals surface area contributed by atoms with Crippen molar-refractivity contribution in [3.8, 4) is 0 Å². The van der Waals surface area contributed by atoms with Gasteiger partial charge in [0.2, 0.25) is 0 Å². The number of ether oxygens (including phenoxy) is 1. The smallest absolute Gasteiger partial charge is 0.154 e. The summed E-state index contributed by atoms with van der Waals surface area (Å²) in [5, 5.41) is 2.10. The molecule has 1 aliphatic heterocycles. The minimum absolute atomic E-state index is 0.354. The van der Waals surface area contributed by atoms with E-state index in [4.69, 9.17) is 16.3 Å². The molecule has 0 radical (unpaired) electrons. The van der Waals surface area contributed by atoms with E-state index in [0.717, 1.165) is 10.1 Å². The first-order valence-corrected chi connectivity index (χ1v) is 7.39. The molecule has 2 aromatic rings. The van der Waals surface area contributed by atoms with Crippen LogP contribution in [0, 0.1) is 0 Å². The maximum atomic E-state index is 5.90. The second kappa shape index (κ2) is 5.72. The molecule has 1 heterocycles. The molecule has 0 amide bonds. The highest BCUT2D eigenvalue weighted by Crippen LogP contribution is 2.42. The SMILES string of the molecule is Clc1ccc(C2COC(=Cc3ccccc3)S2)cc1. The third kappa shape index (κ3) is 3.14. The third-order valence-corrected chi connectivity index (χ3v) is 4.37. The monoisotopic (exact) mass is 288 g/mol. The Morgan fingerprint density at radius 1 is 1.05 bits per heavy atom. The summed E-state index contributed by atoms with van der Waals surface area (Å²) < 4.78 is 5.75. The Hall–Kier alpha value is -1.38. The van der Waals surface area contributed by atoms with Gasteiger partial charge in [-0.1, -0.05) is 65.8 Å². The van der Waals surface area contributed by atoms with Gasteiger partial charge < -0.3 is 4.74 Å². The van der Waals surface area contributed by atoms with Crippen LogP contribution in [0.25, 0.3) is 6.08 Å². The molecule has 0 aromatic heterocycles. The van der Waals surface area contributed by atoms with Gasteiger partial charge >= 0.3 is 0 Å². The van der Waals surface area contributed by atoms with Gasteiger partial charge in [-0.15, -0.1) is 0 Å². The van der Waals surface area contributed by atoms with Gasteiger partial charge in [-0.3, -0.25) is 0 Å². The number of hydrogen-bond acceptors (Lipinski definition) is 2. The van der Waals surface area contributed by atoms with Crippen molar-refractivity contribution in [1.29, 1.82) is 0 Å². The second-order valence-corrected chi connectivity index (χ2v) is 5.99. The Kier molecular flexibility index (Phi) is 3.81. The van der Waals surface area contributed by atoms with Crippen molar-refractivity contribution in [2.24, 2.45) is 0 Å². The number of hydrogen-bond donors (Lipinski definition) is 0. The Labute approximate surface area is 122 Å². The van der Waals surface area contributed by atoms with Gasteiger partial charge in [0.1, 0.15) is 6.61 Å². The number of rotatable bonds is 2. The Bertz CT molecular complexity index is 577. The normalized spacial score (nSPS) is 20.5. The van der Waals surface area contributed by atoms with Gasteiger partial charge in [-0.2, -0.15) is 0 Å². The van der Waals surface area contributed by atoms with Crippen molar-refractivity contribution >= 4 is 29.4 Å². The molecule has 2 aromatic carbocycles. The van der Waals surface area contributed by atoms with E-state index in [2.05, 4.69) is 30.3 Å². The van der Waals surface area contributed by atoms with Crippen LogP contribution in [0.2, 0.25) is 5.02 Å². The quantitative estimate of drug-likeness (QED) is 0.756. The summed E-state index contributed by atoms with van der Waals surface area (Å²) in [6.07, 6.45) is 2.08. The zero-order valence-corrected chi connectivity index (χ0v) is 11.8. The number of benzene rings is 2. The van der Waals surface area contributed by atoms with Gasteiger partial charge in [0.25, 0.3) is 0 Å². The molecule has 1 atom stereocenters. The highest BCUT2D eigenvalue weighted by Gasteiger charge is 2.23. The second-order valence-electron chi connectivity index (χ2n) is 4.34. The van der Waals surface area contributed by atoms with Crippen molar-refractivity contribution in [1.82, 2.24) is 0 Å². The molecule has 19 heavy (non-hydrogen) atoms. The van der Waals surface area contributed by atoms with Crippen LogP contribution in [0.4, 0.5) is 0 Å². The van der Waals surface area contributed by atoms with Gasteiger partial charge in [0.05, 0.1) is 5.25 Å². The fourth-order valence-corrected chi connectivity index (χ4v) is 3.14. The molecule has 1 aliphatic rings. The summed E-state index contributed by atoms with van der Waals surface area (Å²) >= 11 is 7.67. The van der Waals surface area contributed by atoms with Crippen LogP contribution in [0.15, 0.2) is 59.7 Å². The van der Waals surface area contributed by atoms with Crippen LogP contribution < -0.4 is 0 Å². The first kappa shape index (κ1) is 12.6. The van der Waals surface area contributed by atoms with E-state index in [1.165, 1.54) is 11.1 Å². The minimum atomic E-state index is 0.354. The molecular weight excluding hydrogens is 276 g/mol. The van der Waals surface area contributed by atoms with E-state index < -0.39 is 0 Å². The summed E-state index contributed by atoms with van der Waals surface area (Å²) in [5.41, 5.74) is 2.42. The Balaban J connectivity index is 1.74. The molecular formula is C16H13ClOS. The highest BCUT2D eigenvalue weighted by atomic mass is 35.5. The van der Waals surface area contributed by atoms with Gasteiger partial charge in [0.15, 0.2) is 5.09 Å².